The molecule has 1 rings (SSSR count). The minimum Gasteiger partial charge on any atom is -0.258 e. The second kappa shape index (κ2) is 5.16. The molecule has 0 spiro atoms. The van der Waals surface area contributed by atoms with Gasteiger partial charge in [0.15, 0.2) is 14.9 Å². The first-order valence-corrected chi connectivity index (χ1v) is 8.50. The molecule has 0 saturated heterocycles. The first kappa shape index (κ1) is 14.8. The fourth-order valence-corrected chi connectivity index (χ4v) is 3.92. The van der Waals surface area contributed by atoms with Crippen LogP contribution in [0.4, 0.5) is 5.69 Å². The van der Waals surface area contributed by atoms with Gasteiger partial charge in [-0.25, -0.2) is 21.8 Å². The van der Waals surface area contributed by atoms with Crippen molar-refractivity contribution >= 4 is 35.3 Å². The molecule has 0 N–H and O–H groups in total. The van der Waals surface area contributed by atoms with Crippen molar-refractivity contribution in [3.05, 3.63) is 28.4 Å². The van der Waals surface area contributed by atoms with Gasteiger partial charge in [-0.05, 0) is 6.07 Å². The first-order chi connectivity index (χ1) is 8.12. The summed E-state index contributed by atoms with van der Waals surface area (Å²) in [4.78, 5) is 13.0. The number of nitrogens with zero attached hydrogens (tertiary/aromatic N) is 2. The Bertz CT molecular complexity index is 652. The summed E-state index contributed by atoms with van der Waals surface area (Å²) in [5.41, 5.74) is -0.362. The van der Waals surface area contributed by atoms with Gasteiger partial charge in [-0.2, -0.15) is 0 Å². The Kier molecular flexibility index (Phi) is 4.24. The van der Waals surface area contributed by atoms with E-state index in [4.69, 9.17) is 10.7 Å². The van der Waals surface area contributed by atoms with Crippen LogP contribution in [0.5, 0.6) is 0 Å². The summed E-state index contributed by atoms with van der Waals surface area (Å²) in [7, 11) is -2.97. The lowest BCUT2D eigenvalue weighted by molar-refractivity contribution is -0.385. The van der Waals surface area contributed by atoms with E-state index in [0.717, 1.165) is 18.3 Å². The minimum atomic E-state index is -3.93. The van der Waals surface area contributed by atoms with Crippen molar-refractivity contribution in [1.82, 2.24) is 4.98 Å². The van der Waals surface area contributed by atoms with Gasteiger partial charge in [-0.1, -0.05) is 0 Å². The lowest BCUT2D eigenvalue weighted by atomic mass is 10.4. The lowest BCUT2D eigenvalue weighted by Crippen LogP contribution is -2.15. The van der Waals surface area contributed by atoms with Crippen LogP contribution in [0.25, 0.3) is 0 Å². The Labute approximate surface area is 107 Å². The van der Waals surface area contributed by atoms with E-state index in [2.05, 4.69) is 4.98 Å². The number of aromatic nitrogens is 1. The van der Waals surface area contributed by atoms with Gasteiger partial charge in [-0.3, -0.25) is 10.1 Å². The normalized spacial score (nSPS) is 12.3. The molecule has 0 aromatic carbocycles. The summed E-state index contributed by atoms with van der Waals surface area (Å²) < 4.78 is 44.5. The Balaban J connectivity index is 2.96. The van der Waals surface area contributed by atoms with Gasteiger partial charge < -0.3 is 0 Å². The summed E-state index contributed by atoms with van der Waals surface area (Å²) >= 11 is 0. The highest BCUT2D eigenvalue weighted by Gasteiger charge is 2.20. The maximum atomic E-state index is 11.6. The van der Waals surface area contributed by atoms with E-state index in [1.807, 2.05) is 0 Å². The van der Waals surface area contributed by atoms with Crippen molar-refractivity contribution in [2.24, 2.45) is 0 Å². The van der Waals surface area contributed by atoms with E-state index in [9.17, 15) is 26.9 Å². The fourth-order valence-electron chi connectivity index (χ4n) is 0.978. The van der Waals surface area contributed by atoms with Crippen LogP contribution in [0, 0.1) is 10.1 Å². The van der Waals surface area contributed by atoms with Crippen LogP contribution in [0.2, 0.25) is 0 Å². The number of hydrogen-bond donors (Lipinski definition) is 0. The van der Waals surface area contributed by atoms with Crippen LogP contribution < -0.4 is 0 Å². The molecule has 0 unspecified atom stereocenters. The predicted molar refractivity (Wildman–Crippen MR) is 62.6 cm³/mol. The summed E-state index contributed by atoms with van der Waals surface area (Å²) in [5, 5.41) is 9.90. The smallest absolute Gasteiger partial charge is 0.258 e. The molecular weight excluding hydrogens is 308 g/mol. The standard InChI is InChI=1S/C7H7ClN2O6S2/c8-18(15,16)4-3-17(13,14)7-2-1-6(5-9-7)10(11)12/h1-2,5H,3-4H2. The second-order valence-electron chi connectivity index (χ2n) is 3.17. The van der Waals surface area contributed by atoms with Crippen LogP contribution in [-0.4, -0.2) is 38.2 Å². The Hall–Kier alpha value is -1.26. The zero-order valence-electron chi connectivity index (χ0n) is 8.68. The number of nitro groups is 1. The van der Waals surface area contributed by atoms with Gasteiger partial charge in [0.25, 0.3) is 5.69 Å². The fraction of sp³-hybridized carbons (Fsp3) is 0.286. The molecule has 0 aliphatic carbocycles. The third-order valence-electron chi connectivity index (χ3n) is 1.85. The predicted octanol–water partition coefficient (Wildman–Crippen LogP) is 0.332. The largest absolute Gasteiger partial charge is 0.287 e. The molecule has 0 aliphatic rings. The molecule has 0 aliphatic heterocycles. The molecule has 1 aromatic heterocycles. The molecule has 0 fully saturated rings. The van der Waals surface area contributed by atoms with Crippen molar-refractivity contribution in [2.45, 2.75) is 5.03 Å². The molecule has 0 saturated carbocycles. The summed E-state index contributed by atoms with van der Waals surface area (Å²) in [6.45, 7) is 0. The number of hydrogen-bond acceptors (Lipinski definition) is 7. The van der Waals surface area contributed by atoms with Gasteiger partial charge in [-0.15, -0.1) is 0 Å². The average Bonchev–Trinajstić information content (AvgIpc) is 2.26. The van der Waals surface area contributed by atoms with E-state index in [-0.39, 0.29) is 5.69 Å². The molecule has 0 amide bonds. The molecule has 100 valence electrons. The number of pyridine rings is 1. The molecule has 0 bridgehead atoms. The molecule has 1 aromatic rings. The van der Waals surface area contributed by atoms with Crippen LogP contribution in [0.15, 0.2) is 23.4 Å². The van der Waals surface area contributed by atoms with Crippen molar-refractivity contribution < 1.29 is 21.8 Å². The van der Waals surface area contributed by atoms with Crippen molar-refractivity contribution in [2.75, 3.05) is 11.5 Å². The van der Waals surface area contributed by atoms with Crippen LogP contribution >= 0.6 is 10.7 Å². The van der Waals surface area contributed by atoms with Crippen molar-refractivity contribution in [3.8, 4) is 0 Å². The van der Waals surface area contributed by atoms with E-state index >= 15 is 0 Å². The summed E-state index contributed by atoms with van der Waals surface area (Å²) in [6.07, 6.45) is 0.780. The first-order valence-electron chi connectivity index (χ1n) is 4.37. The highest BCUT2D eigenvalue weighted by atomic mass is 35.7. The SMILES string of the molecule is O=[N+]([O-])c1ccc(S(=O)(=O)CCS(=O)(=O)Cl)nc1. The maximum Gasteiger partial charge on any atom is 0.287 e. The summed E-state index contributed by atoms with van der Waals surface area (Å²) in [6, 6.07) is 1.91. The lowest BCUT2D eigenvalue weighted by Gasteiger charge is -2.01. The molecule has 11 heteroatoms. The Morgan fingerprint density at radius 3 is 2.22 bits per heavy atom. The molecule has 0 atom stereocenters. The second-order valence-corrected chi connectivity index (χ2v) is 8.13. The Morgan fingerprint density at radius 1 is 1.22 bits per heavy atom. The zero-order valence-corrected chi connectivity index (χ0v) is 11.1. The van der Waals surface area contributed by atoms with Gasteiger partial charge in [0.2, 0.25) is 9.05 Å². The van der Waals surface area contributed by atoms with Crippen LogP contribution in [-0.2, 0) is 18.9 Å². The van der Waals surface area contributed by atoms with E-state index < -0.39 is 40.3 Å². The van der Waals surface area contributed by atoms with E-state index in [1.54, 1.807) is 0 Å². The quantitative estimate of drug-likeness (QED) is 0.435. The molecule has 18 heavy (non-hydrogen) atoms. The number of rotatable bonds is 5. The monoisotopic (exact) mass is 314 g/mol. The maximum absolute atomic E-state index is 11.6. The van der Waals surface area contributed by atoms with Gasteiger partial charge in [0.05, 0.1) is 16.4 Å². The van der Waals surface area contributed by atoms with Gasteiger partial charge in [0, 0.05) is 16.7 Å². The molecule has 1 heterocycles. The van der Waals surface area contributed by atoms with Crippen molar-refractivity contribution in [3.63, 3.8) is 0 Å². The van der Waals surface area contributed by atoms with Gasteiger partial charge in [0.1, 0.15) is 6.20 Å². The molecule has 8 nitrogen and oxygen atoms in total. The summed E-state index contributed by atoms with van der Waals surface area (Å²) in [5.74, 6) is -1.49. The average molecular weight is 315 g/mol. The Morgan fingerprint density at radius 2 is 1.83 bits per heavy atom. The highest BCUT2D eigenvalue weighted by Crippen LogP contribution is 2.14. The van der Waals surface area contributed by atoms with Gasteiger partial charge >= 0.3 is 0 Å². The topological polar surface area (TPSA) is 124 Å². The number of halogens is 1. The molecule has 0 radical (unpaired) electrons. The third-order valence-corrected chi connectivity index (χ3v) is 4.88. The van der Waals surface area contributed by atoms with Crippen molar-refractivity contribution in [1.29, 1.82) is 0 Å². The number of sulfone groups is 1. The molecular formula is C7H7ClN2O6S2. The zero-order chi connectivity index (χ0) is 14.0. The van der Waals surface area contributed by atoms with E-state index in [0.29, 0.717) is 0 Å². The third kappa shape index (κ3) is 4.20. The van der Waals surface area contributed by atoms with E-state index in [1.165, 1.54) is 0 Å². The minimum absolute atomic E-state index is 0.362. The van der Waals surface area contributed by atoms with Crippen LogP contribution in [0.1, 0.15) is 0 Å². The highest BCUT2D eigenvalue weighted by molar-refractivity contribution is 8.14. The van der Waals surface area contributed by atoms with Crippen LogP contribution in [0.3, 0.4) is 0 Å².